The van der Waals surface area contributed by atoms with Crippen molar-refractivity contribution in [2.75, 3.05) is 0 Å². The molecule has 0 amide bonds. The second kappa shape index (κ2) is 31.7. The average molecular weight is 1060 g/mol. The zero-order chi connectivity index (χ0) is 34.9. The number of rotatable bonds is 6. The van der Waals surface area contributed by atoms with Crippen molar-refractivity contribution in [1.82, 2.24) is 0 Å². The highest BCUT2D eigenvalue weighted by Crippen LogP contribution is 2.25. The first kappa shape index (κ1) is 58.3. The Kier molecular flexibility index (Phi) is 34.2. The van der Waals surface area contributed by atoms with Gasteiger partial charge in [0.25, 0.3) is 4.60 Å². The van der Waals surface area contributed by atoms with Crippen LogP contribution in [-0.4, -0.2) is 0 Å². The second-order valence-corrected chi connectivity index (χ2v) is 11.3. The maximum absolute atomic E-state index is 5.76. The van der Waals surface area contributed by atoms with Crippen molar-refractivity contribution in [1.29, 1.82) is 0 Å². The Hall–Kier alpha value is -2.46. The van der Waals surface area contributed by atoms with Gasteiger partial charge in [-0.2, -0.15) is 4.57 Å². The number of pyridine rings is 6. The van der Waals surface area contributed by atoms with Gasteiger partial charge in [0.2, 0.25) is 18.1 Å². The first-order valence-electron chi connectivity index (χ1n) is 14.7. The molecular formula is C36H41BrCl7IN6O3. The van der Waals surface area contributed by atoms with E-state index in [1.165, 1.54) is 0 Å². The highest BCUT2D eigenvalue weighted by atomic mass is 127. The van der Waals surface area contributed by atoms with E-state index in [1.54, 1.807) is 21.5 Å². The quantitative estimate of drug-likeness (QED) is 0.0949. The van der Waals surface area contributed by atoms with Crippen LogP contribution in [0.1, 0.15) is 0 Å². The number of aryl methyl sites for hydroxylation is 6. The summed E-state index contributed by atoms with van der Waals surface area (Å²) in [6, 6.07) is 23.3. The predicted octanol–water partition coefficient (Wildman–Crippen LogP) is -12.3. The minimum Gasteiger partial charge on any atom is -1.00 e. The molecule has 6 rings (SSSR count). The summed E-state index contributed by atoms with van der Waals surface area (Å²) in [5.41, 5.74) is 0. The Bertz CT molecular complexity index is 1780. The fourth-order valence-corrected chi connectivity index (χ4v) is 4.28. The molecule has 0 radical (unpaired) electrons. The summed E-state index contributed by atoms with van der Waals surface area (Å²) < 4.78 is 29.8. The standard InChI is InChI=1S/C12H13BrN2O.2C12H14N2O.ClI.6ClH/c1-14-8-5-10(6-9-14)16-11-4-3-7-15(2)12(11)13;2*1-13-8-5-11(6-9-13)15-12-4-3-7-14(2)10-12;1-2;;;;;;/h3-9H,1-2H3;2*3-10H,1-2H3;;6*1H/q3*+2;;;;;;;/p-6. The number of aromatic nitrogens is 6. The van der Waals surface area contributed by atoms with E-state index in [4.69, 9.17) is 14.2 Å². The van der Waals surface area contributed by atoms with Gasteiger partial charge in [0.15, 0.2) is 67.3 Å². The summed E-state index contributed by atoms with van der Waals surface area (Å²) in [6.45, 7) is 0. The monoisotopic (exact) mass is 1060 g/mol. The number of halogens is 9. The molecule has 0 atom stereocenters. The van der Waals surface area contributed by atoms with Crippen molar-refractivity contribution in [3.05, 3.63) is 146 Å². The summed E-state index contributed by atoms with van der Waals surface area (Å²) in [5, 5.41) is 0. The minimum absolute atomic E-state index is 0. The topological polar surface area (TPSA) is 51.0 Å². The molecule has 0 saturated heterocycles. The smallest absolute Gasteiger partial charge is 0.290 e. The van der Waals surface area contributed by atoms with Gasteiger partial charge in [0.05, 0.1) is 0 Å². The molecule has 296 valence electrons. The molecule has 0 aliphatic rings. The molecule has 0 saturated carbocycles. The Morgan fingerprint density at radius 2 is 0.722 bits per heavy atom. The largest absolute Gasteiger partial charge is 1.00 e. The molecule has 6 aromatic rings. The Morgan fingerprint density at radius 1 is 0.407 bits per heavy atom. The Balaban J connectivity index is -0.000000322. The normalized spacial score (nSPS) is 8.69. The van der Waals surface area contributed by atoms with Crippen LogP contribution in [0.3, 0.4) is 0 Å². The molecule has 0 bridgehead atoms. The van der Waals surface area contributed by atoms with Crippen molar-refractivity contribution in [3.8, 4) is 34.5 Å². The van der Waals surface area contributed by atoms with Crippen molar-refractivity contribution < 1.29 is 116 Å². The van der Waals surface area contributed by atoms with E-state index < -0.39 is 0 Å². The van der Waals surface area contributed by atoms with E-state index >= 15 is 0 Å². The van der Waals surface area contributed by atoms with Crippen molar-refractivity contribution in [3.63, 3.8) is 0 Å². The van der Waals surface area contributed by atoms with E-state index in [-0.39, 0.29) is 74.4 Å². The zero-order valence-electron chi connectivity index (χ0n) is 30.1. The maximum Gasteiger partial charge on any atom is 0.290 e. The molecule has 18 heteroatoms. The van der Waals surface area contributed by atoms with Crippen LogP contribution in [-0.2, 0) is 42.3 Å². The third-order valence-electron chi connectivity index (χ3n) is 6.44. The van der Waals surface area contributed by atoms with Gasteiger partial charge in [-0.1, -0.05) is 0 Å². The van der Waals surface area contributed by atoms with Gasteiger partial charge in [-0.05, 0) is 27.1 Å². The predicted molar refractivity (Wildman–Crippen MR) is 194 cm³/mol. The van der Waals surface area contributed by atoms with Crippen molar-refractivity contribution >= 4 is 46.3 Å². The van der Waals surface area contributed by atoms with Gasteiger partial charge < -0.3 is 88.7 Å². The first-order valence-corrected chi connectivity index (χ1v) is 18.3. The van der Waals surface area contributed by atoms with Crippen LogP contribution in [0.25, 0.3) is 0 Å². The Morgan fingerprint density at radius 3 is 1.06 bits per heavy atom. The van der Waals surface area contributed by atoms with Gasteiger partial charge in [0, 0.05) is 92.0 Å². The highest BCUT2D eigenvalue weighted by Gasteiger charge is 2.11. The van der Waals surface area contributed by atoms with Gasteiger partial charge >= 0.3 is 0 Å². The van der Waals surface area contributed by atoms with Crippen LogP contribution < -0.4 is 116 Å². The summed E-state index contributed by atoms with van der Waals surface area (Å²) in [7, 11) is 16.4. The molecule has 0 fully saturated rings. The van der Waals surface area contributed by atoms with Crippen LogP contribution in [0.2, 0.25) is 0 Å². The SMILES string of the molecule is C[n+]1ccc(Oc2ccc[n+](C)c2)cc1.C[n+]1ccc(Oc2ccc[n+](C)c2)cc1.C[n+]1ccc(Oc2ccc[n+](C)c2Br)cc1.ClI.[Cl-].[Cl-].[Cl-].[Cl-].[Cl-].[Cl-]. The molecule has 6 heterocycles. The van der Waals surface area contributed by atoms with E-state index in [9.17, 15) is 0 Å². The number of hydrogen-bond acceptors (Lipinski definition) is 3. The fourth-order valence-electron chi connectivity index (χ4n) is 3.95. The van der Waals surface area contributed by atoms with E-state index in [0.717, 1.165) is 39.1 Å². The van der Waals surface area contributed by atoms with Crippen LogP contribution in [0.5, 0.6) is 34.5 Å². The number of ether oxygens (including phenoxy) is 3. The molecule has 54 heavy (non-hydrogen) atoms. The van der Waals surface area contributed by atoms with Crippen LogP contribution in [0, 0.1) is 0 Å². The molecule has 0 N–H and O–H groups in total. The third kappa shape index (κ3) is 21.6. The lowest BCUT2D eigenvalue weighted by Crippen LogP contribution is -3.00. The minimum atomic E-state index is 0. The fraction of sp³-hybridized carbons (Fsp3) is 0.167. The second-order valence-electron chi connectivity index (χ2n) is 10.6. The summed E-state index contributed by atoms with van der Waals surface area (Å²) in [6.07, 6.45) is 21.5. The molecule has 9 nitrogen and oxygen atoms in total. The summed E-state index contributed by atoms with van der Waals surface area (Å²) in [5.74, 6) is 5.00. The molecule has 0 spiro atoms. The number of nitrogens with zero attached hydrogens (tertiary/aromatic N) is 6. The zero-order valence-corrected chi connectivity index (χ0v) is 39.1. The molecule has 0 aromatic carbocycles. The Labute approximate surface area is 381 Å². The van der Waals surface area contributed by atoms with Crippen LogP contribution in [0.4, 0.5) is 0 Å². The molecule has 0 unspecified atom stereocenters. The van der Waals surface area contributed by atoms with E-state index in [1.807, 2.05) is 211 Å². The summed E-state index contributed by atoms with van der Waals surface area (Å²) in [4.78, 5) is 0. The van der Waals surface area contributed by atoms with Gasteiger partial charge in [-0.25, -0.2) is 22.8 Å². The third-order valence-corrected chi connectivity index (χ3v) is 7.39. The van der Waals surface area contributed by atoms with Crippen molar-refractivity contribution in [2.45, 2.75) is 0 Å². The number of hydrogen-bond donors (Lipinski definition) is 0. The molecular weight excluding hydrogens is 1020 g/mol. The lowest BCUT2D eigenvalue weighted by atomic mass is 10.4. The molecule has 6 aromatic heterocycles. The summed E-state index contributed by atoms with van der Waals surface area (Å²) >= 11 is 5.11. The highest BCUT2D eigenvalue weighted by molar-refractivity contribution is 14.1. The van der Waals surface area contributed by atoms with Gasteiger partial charge in [-0.15, -0.1) is 0 Å². The lowest BCUT2D eigenvalue weighted by Gasteiger charge is -2.04. The lowest BCUT2D eigenvalue weighted by molar-refractivity contribution is -0.682. The molecule has 0 aliphatic carbocycles. The van der Waals surface area contributed by atoms with E-state index in [2.05, 4.69) is 24.8 Å². The van der Waals surface area contributed by atoms with Crippen LogP contribution in [0.15, 0.2) is 146 Å². The maximum atomic E-state index is 5.76. The van der Waals surface area contributed by atoms with Crippen molar-refractivity contribution in [2.24, 2.45) is 42.3 Å². The van der Waals surface area contributed by atoms with E-state index in [0.29, 0.717) is 0 Å². The van der Waals surface area contributed by atoms with Gasteiger partial charge in [-0.3, -0.25) is 0 Å². The molecule has 0 aliphatic heterocycles. The first-order chi connectivity index (χ1) is 23.1. The van der Waals surface area contributed by atoms with Crippen LogP contribution >= 0.6 is 46.3 Å². The van der Waals surface area contributed by atoms with Gasteiger partial charge in [0.1, 0.15) is 59.5 Å². The average Bonchev–Trinajstić information content (AvgIpc) is 3.08.